The molecule has 1 saturated heterocycles. The Hall–Kier alpha value is -1.76. The van der Waals surface area contributed by atoms with E-state index in [1.807, 2.05) is 0 Å². The molecular formula is C16H21BrN6. The van der Waals surface area contributed by atoms with Crippen molar-refractivity contribution in [3.05, 3.63) is 34.7 Å². The van der Waals surface area contributed by atoms with Crippen molar-refractivity contribution in [1.82, 2.24) is 20.2 Å². The van der Waals surface area contributed by atoms with E-state index in [-0.39, 0.29) is 5.41 Å². The number of aromatic nitrogens is 4. The molecule has 0 radical (unpaired) electrons. The Morgan fingerprint density at radius 2 is 1.52 bits per heavy atom. The lowest BCUT2D eigenvalue weighted by molar-refractivity contribution is 0.556. The summed E-state index contributed by atoms with van der Waals surface area (Å²) in [5.41, 5.74) is 1.05. The fraction of sp³-hybridized carbons (Fsp3) is 0.500. The molecule has 0 bridgehead atoms. The molecule has 0 amide bonds. The average Bonchev–Trinajstić information content (AvgIpc) is 2.55. The summed E-state index contributed by atoms with van der Waals surface area (Å²) in [7, 11) is 0. The van der Waals surface area contributed by atoms with Gasteiger partial charge < -0.3 is 9.80 Å². The van der Waals surface area contributed by atoms with Gasteiger partial charge in [0, 0.05) is 44.0 Å². The van der Waals surface area contributed by atoms with Gasteiger partial charge in [0.25, 0.3) is 0 Å². The quantitative estimate of drug-likeness (QED) is 0.802. The van der Waals surface area contributed by atoms with E-state index in [0.717, 1.165) is 48.1 Å². The van der Waals surface area contributed by atoms with Crippen molar-refractivity contribution < 1.29 is 0 Å². The summed E-state index contributed by atoms with van der Waals surface area (Å²) in [6.45, 7) is 9.98. The van der Waals surface area contributed by atoms with Gasteiger partial charge in [-0.3, -0.25) is 0 Å². The second-order valence-corrected chi connectivity index (χ2v) is 7.62. The highest BCUT2D eigenvalue weighted by molar-refractivity contribution is 9.10. The van der Waals surface area contributed by atoms with E-state index in [9.17, 15) is 0 Å². The van der Waals surface area contributed by atoms with Crippen molar-refractivity contribution in [3.8, 4) is 0 Å². The molecular weight excluding hydrogens is 356 g/mol. The van der Waals surface area contributed by atoms with Crippen molar-refractivity contribution in [2.45, 2.75) is 26.2 Å². The average molecular weight is 377 g/mol. The van der Waals surface area contributed by atoms with E-state index in [2.05, 4.69) is 78.8 Å². The number of piperazine rings is 1. The Kier molecular flexibility index (Phi) is 4.48. The van der Waals surface area contributed by atoms with Crippen LogP contribution in [-0.4, -0.2) is 46.3 Å². The zero-order valence-corrected chi connectivity index (χ0v) is 15.3. The summed E-state index contributed by atoms with van der Waals surface area (Å²) < 4.78 is 0.897. The zero-order valence-electron chi connectivity index (χ0n) is 13.7. The molecule has 7 heteroatoms. The van der Waals surface area contributed by atoms with E-state index in [1.54, 1.807) is 12.4 Å². The molecule has 0 spiro atoms. The van der Waals surface area contributed by atoms with Crippen molar-refractivity contribution in [3.63, 3.8) is 0 Å². The molecule has 0 aliphatic carbocycles. The predicted octanol–water partition coefficient (Wildman–Crippen LogP) is 2.65. The highest BCUT2D eigenvalue weighted by atomic mass is 79.9. The Balaban J connectivity index is 1.63. The van der Waals surface area contributed by atoms with Crippen LogP contribution in [0.5, 0.6) is 0 Å². The molecule has 3 rings (SSSR count). The summed E-state index contributed by atoms with van der Waals surface area (Å²) in [4.78, 5) is 13.2. The molecule has 1 aliphatic rings. The molecule has 122 valence electrons. The lowest BCUT2D eigenvalue weighted by atomic mass is 9.92. The topological polar surface area (TPSA) is 58.0 Å². The molecule has 1 fully saturated rings. The summed E-state index contributed by atoms with van der Waals surface area (Å²) >= 11 is 3.36. The molecule has 6 nitrogen and oxygen atoms in total. The van der Waals surface area contributed by atoms with Crippen LogP contribution in [0.4, 0.5) is 11.8 Å². The number of hydrogen-bond acceptors (Lipinski definition) is 6. The maximum absolute atomic E-state index is 4.40. The van der Waals surface area contributed by atoms with Crippen LogP contribution >= 0.6 is 15.9 Å². The van der Waals surface area contributed by atoms with Gasteiger partial charge in [-0.15, -0.1) is 5.10 Å². The minimum absolute atomic E-state index is 0.0309. The van der Waals surface area contributed by atoms with E-state index in [4.69, 9.17) is 0 Å². The second kappa shape index (κ2) is 6.39. The van der Waals surface area contributed by atoms with Gasteiger partial charge in [-0.2, -0.15) is 5.10 Å². The molecule has 2 aromatic rings. The molecule has 3 heterocycles. The fourth-order valence-corrected chi connectivity index (χ4v) is 2.70. The van der Waals surface area contributed by atoms with Gasteiger partial charge in [-0.25, -0.2) is 9.97 Å². The van der Waals surface area contributed by atoms with Crippen molar-refractivity contribution in [2.75, 3.05) is 36.0 Å². The Morgan fingerprint density at radius 1 is 0.913 bits per heavy atom. The SMILES string of the molecule is CC(C)(C)c1ccc(N2CCN(c3ncc(Br)cn3)CC2)nn1. The Morgan fingerprint density at radius 3 is 2.04 bits per heavy atom. The van der Waals surface area contributed by atoms with Crippen LogP contribution in [0.25, 0.3) is 0 Å². The Labute approximate surface area is 145 Å². The third kappa shape index (κ3) is 3.77. The highest BCUT2D eigenvalue weighted by Gasteiger charge is 2.21. The van der Waals surface area contributed by atoms with Crippen LogP contribution in [0.15, 0.2) is 29.0 Å². The molecule has 1 aliphatic heterocycles. The summed E-state index contributed by atoms with van der Waals surface area (Å²) in [5, 5.41) is 8.78. The van der Waals surface area contributed by atoms with Crippen LogP contribution in [0.3, 0.4) is 0 Å². The van der Waals surface area contributed by atoms with Gasteiger partial charge in [-0.05, 0) is 28.1 Å². The van der Waals surface area contributed by atoms with E-state index in [1.165, 1.54) is 0 Å². The molecule has 23 heavy (non-hydrogen) atoms. The molecule has 0 unspecified atom stereocenters. The highest BCUT2D eigenvalue weighted by Crippen LogP contribution is 2.22. The van der Waals surface area contributed by atoms with Gasteiger partial charge in [0.2, 0.25) is 5.95 Å². The monoisotopic (exact) mass is 376 g/mol. The number of nitrogens with zero attached hydrogens (tertiary/aromatic N) is 6. The van der Waals surface area contributed by atoms with Gasteiger partial charge >= 0.3 is 0 Å². The smallest absolute Gasteiger partial charge is 0.225 e. The van der Waals surface area contributed by atoms with Gasteiger partial charge in [0.15, 0.2) is 5.82 Å². The zero-order chi connectivity index (χ0) is 16.4. The summed E-state index contributed by atoms with van der Waals surface area (Å²) in [5.74, 6) is 1.72. The maximum atomic E-state index is 4.40. The van der Waals surface area contributed by atoms with Crippen LogP contribution in [-0.2, 0) is 5.41 Å². The van der Waals surface area contributed by atoms with Gasteiger partial charge in [0.1, 0.15) is 0 Å². The first-order valence-corrected chi connectivity index (χ1v) is 8.54. The number of rotatable bonds is 2. The first-order valence-electron chi connectivity index (χ1n) is 7.75. The number of hydrogen-bond donors (Lipinski definition) is 0. The van der Waals surface area contributed by atoms with E-state index >= 15 is 0 Å². The third-order valence-corrected chi connectivity index (χ3v) is 4.32. The molecule has 2 aromatic heterocycles. The van der Waals surface area contributed by atoms with Gasteiger partial charge in [-0.1, -0.05) is 20.8 Å². The lowest BCUT2D eigenvalue weighted by Crippen LogP contribution is -2.47. The lowest BCUT2D eigenvalue weighted by Gasteiger charge is -2.35. The maximum Gasteiger partial charge on any atom is 0.225 e. The largest absolute Gasteiger partial charge is 0.352 e. The Bertz CT molecular complexity index is 642. The molecule has 0 saturated carbocycles. The third-order valence-electron chi connectivity index (χ3n) is 3.91. The van der Waals surface area contributed by atoms with Crippen LogP contribution in [0, 0.1) is 0 Å². The van der Waals surface area contributed by atoms with E-state index in [0.29, 0.717) is 0 Å². The number of halogens is 1. The van der Waals surface area contributed by atoms with Crippen molar-refractivity contribution >= 4 is 27.7 Å². The second-order valence-electron chi connectivity index (χ2n) is 6.70. The molecule has 0 atom stereocenters. The summed E-state index contributed by atoms with van der Waals surface area (Å²) in [6, 6.07) is 4.14. The normalized spacial score (nSPS) is 15.8. The van der Waals surface area contributed by atoms with Crippen LogP contribution in [0.2, 0.25) is 0 Å². The van der Waals surface area contributed by atoms with Crippen molar-refractivity contribution in [1.29, 1.82) is 0 Å². The first-order chi connectivity index (χ1) is 10.9. The first kappa shape index (κ1) is 16.1. The number of anilines is 2. The van der Waals surface area contributed by atoms with Gasteiger partial charge in [0.05, 0.1) is 10.2 Å². The predicted molar refractivity (Wildman–Crippen MR) is 94.9 cm³/mol. The standard InChI is InChI=1S/C16H21BrN6/c1-16(2,3)13-4-5-14(21-20-13)22-6-8-23(9-7-22)15-18-10-12(17)11-19-15/h4-5,10-11H,6-9H2,1-3H3. The van der Waals surface area contributed by atoms with Crippen molar-refractivity contribution in [2.24, 2.45) is 0 Å². The van der Waals surface area contributed by atoms with Crippen LogP contribution < -0.4 is 9.80 Å². The fourth-order valence-electron chi connectivity index (χ4n) is 2.50. The molecule has 0 N–H and O–H groups in total. The summed E-state index contributed by atoms with van der Waals surface area (Å²) in [6.07, 6.45) is 3.57. The van der Waals surface area contributed by atoms with Crippen LogP contribution in [0.1, 0.15) is 26.5 Å². The minimum Gasteiger partial charge on any atom is -0.352 e. The molecule has 0 aromatic carbocycles. The minimum atomic E-state index is 0.0309. The van der Waals surface area contributed by atoms with E-state index < -0.39 is 0 Å².